The molecule has 5 heteroatoms. The number of nitrogens with zero attached hydrogens (tertiary/aromatic N) is 2. The molecule has 33 heavy (non-hydrogen) atoms. The van der Waals surface area contributed by atoms with Crippen LogP contribution in [0.4, 0.5) is 11.4 Å². The number of benzene rings is 4. The van der Waals surface area contributed by atoms with Crippen LogP contribution < -0.4 is 9.96 Å². The molecule has 6 rings (SSSR count). The zero-order valence-electron chi connectivity index (χ0n) is 18.1. The lowest BCUT2D eigenvalue weighted by Gasteiger charge is -2.29. The molecule has 2 aliphatic heterocycles. The van der Waals surface area contributed by atoms with Crippen LogP contribution >= 0.6 is 0 Å². The molecule has 0 N–H and O–H groups in total. The van der Waals surface area contributed by atoms with Crippen molar-refractivity contribution in [3.63, 3.8) is 0 Å². The maximum atomic E-state index is 13.9. The molecule has 3 atom stereocenters. The second-order valence-electron chi connectivity index (χ2n) is 8.58. The minimum Gasteiger partial charge on any atom is -0.273 e. The molecule has 162 valence electrons. The van der Waals surface area contributed by atoms with Gasteiger partial charge in [0.05, 0.1) is 17.4 Å². The lowest BCUT2D eigenvalue weighted by atomic mass is 9.90. The highest BCUT2D eigenvalue weighted by Gasteiger charge is 2.60. The third-order valence-corrected chi connectivity index (χ3v) is 6.55. The van der Waals surface area contributed by atoms with Crippen molar-refractivity contribution in [2.45, 2.75) is 19.1 Å². The molecule has 0 radical (unpaired) electrons. The van der Waals surface area contributed by atoms with E-state index in [9.17, 15) is 9.59 Å². The first-order valence-electron chi connectivity index (χ1n) is 11.1. The van der Waals surface area contributed by atoms with E-state index in [0.29, 0.717) is 5.69 Å². The average Bonchev–Trinajstić information content (AvgIpc) is 3.36. The van der Waals surface area contributed by atoms with E-state index >= 15 is 0 Å². The molecular weight excluding hydrogens is 412 g/mol. The van der Waals surface area contributed by atoms with Crippen LogP contribution in [0.5, 0.6) is 0 Å². The number of hydroxylamine groups is 1. The molecule has 5 nitrogen and oxygen atoms in total. The zero-order chi connectivity index (χ0) is 22.5. The molecule has 4 aromatic carbocycles. The van der Waals surface area contributed by atoms with Gasteiger partial charge in [0, 0.05) is 5.39 Å². The van der Waals surface area contributed by atoms with Crippen molar-refractivity contribution in [3.8, 4) is 0 Å². The van der Waals surface area contributed by atoms with Gasteiger partial charge in [-0.25, -0.2) is 9.96 Å². The molecule has 0 saturated carbocycles. The van der Waals surface area contributed by atoms with Gasteiger partial charge in [0.15, 0.2) is 6.10 Å². The number of fused-ring (bicyclic) bond motifs is 2. The fourth-order valence-corrected chi connectivity index (χ4v) is 4.96. The fourth-order valence-electron chi connectivity index (χ4n) is 4.96. The van der Waals surface area contributed by atoms with Gasteiger partial charge in [-0.1, -0.05) is 84.4 Å². The number of anilines is 2. The molecule has 0 unspecified atom stereocenters. The van der Waals surface area contributed by atoms with Gasteiger partial charge < -0.3 is 0 Å². The average molecular weight is 434 g/mol. The Morgan fingerprint density at radius 2 is 1.42 bits per heavy atom. The first-order valence-corrected chi connectivity index (χ1v) is 11.1. The third kappa shape index (κ3) is 3.04. The van der Waals surface area contributed by atoms with Gasteiger partial charge in [0.1, 0.15) is 5.92 Å². The van der Waals surface area contributed by atoms with Crippen LogP contribution in [0.25, 0.3) is 10.8 Å². The van der Waals surface area contributed by atoms with Crippen LogP contribution in [0, 0.1) is 12.8 Å². The molecule has 2 heterocycles. The van der Waals surface area contributed by atoms with Crippen LogP contribution in [0.3, 0.4) is 0 Å². The molecule has 0 aromatic heterocycles. The minimum absolute atomic E-state index is 0.231. The molecule has 2 aliphatic rings. The first-order chi connectivity index (χ1) is 16.1. The predicted molar refractivity (Wildman–Crippen MR) is 128 cm³/mol. The highest BCUT2D eigenvalue weighted by atomic mass is 16.7. The van der Waals surface area contributed by atoms with Crippen LogP contribution in [0.15, 0.2) is 97.1 Å². The van der Waals surface area contributed by atoms with Crippen LogP contribution in [-0.4, -0.2) is 17.9 Å². The Morgan fingerprint density at radius 3 is 2.21 bits per heavy atom. The van der Waals surface area contributed by atoms with Gasteiger partial charge in [-0.15, -0.1) is 0 Å². The first kappa shape index (κ1) is 19.7. The topological polar surface area (TPSA) is 49.9 Å². The van der Waals surface area contributed by atoms with Crippen LogP contribution in [0.2, 0.25) is 0 Å². The summed E-state index contributed by atoms with van der Waals surface area (Å²) < 4.78 is 0. The molecule has 2 fully saturated rings. The van der Waals surface area contributed by atoms with E-state index in [-0.39, 0.29) is 11.8 Å². The van der Waals surface area contributed by atoms with Crippen molar-refractivity contribution < 1.29 is 14.4 Å². The van der Waals surface area contributed by atoms with E-state index in [1.807, 2.05) is 104 Å². The number of hydrogen-bond donors (Lipinski definition) is 0. The lowest BCUT2D eigenvalue weighted by molar-refractivity contribution is -0.126. The van der Waals surface area contributed by atoms with E-state index in [1.165, 1.54) is 4.90 Å². The molecule has 0 spiro atoms. The minimum atomic E-state index is -0.872. The normalized spacial score (nSPS) is 22.3. The van der Waals surface area contributed by atoms with E-state index < -0.39 is 18.1 Å². The van der Waals surface area contributed by atoms with E-state index in [1.54, 1.807) is 5.06 Å². The number of aryl methyl sites for hydroxylation is 1. The number of para-hydroxylation sites is 1. The van der Waals surface area contributed by atoms with Gasteiger partial charge in [0.2, 0.25) is 5.91 Å². The number of amides is 2. The van der Waals surface area contributed by atoms with Crippen molar-refractivity contribution in [2.75, 3.05) is 9.96 Å². The highest BCUT2D eigenvalue weighted by Crippen LogP contribution is 2.48. The van der Waals surface area contributed by atoms with Crippen LogP contribution in [0.1, 0.15) is 17.2 Å². The number of carbonyl (C=O) groups is 2. The monoisotopic (exact) mass is 434 g/mol. The summed E-state index contributed by atoms with van der Waals surface area (Å²) in [5.41, 5.74) is 3.49. The predicted octanol–water partition coefficient (Wildman–Crippen LogP) is 5.20. The second kappa shape index (κ2) is 7.57. The zero-order valence-corrected chi connectivity index (χ0v) is 18.1. The second-order valence-corrected chi connectivity index (χ2v) is 8.58. The largest absolute Gasteiger partial charge is 0.273 e. The Kier molecular flexibility index (Phi) is 4.52. The molecule has 2 saturated heterocycles. The maximum absolute atomic E-state index is 13.9. The molecule has 0 aliphatic carbocycles. The van der Waals surface area contributed by atoms with E-state index in [2.05, 4.69) is 0 Å². The summed E-state index contributed by atoms with van der Waals surface area (Å²) in [5.74, 6) is -1.19. The van der Waals surface area contributed by atoms with Crippen molar-refractivity contribution in [1.82, 2.24) is 0 Å². The highest BCUT2D eigenvalue weighted by molar-refractivity contribution is 6.26. The fraction of sp³-hybridized carbons (Fsp3) is 0.143. The SMILES string of the molecule is Cc1ccc([C@@H]2[C@H]3C(=O)N(c4cccc5ccccc45)C(=O)[C@H]3ON2c2ccccc2)cc1. The van der Waals surface area contributed by atoms with Gasteiger partial charge in [-0.05, 0) is 36.1 Å². The van der Waals surface area contributed by atoms with E-state index in [4.69, 9.17) is 4.84 Å². The molecule has 4 aromatic rings. The van der Waals surface area contributed by atoms with Crippen molar-refractivity contribution in [1.29, 1.82) is 0 Å². The Labute approximate surface area is 191 Å². The summed E-state index contributed by atoms with van der Waals surface area (Å²) in [6.45, 7) is 2.03. The standard InChI is InChI=1S/C28H22N2O3/c1-18-14-16-20(17-15-18)25-24-26(33-30(25)21-10-3-2-4-11-21)28(32)29(27(24)31)23-13-7-9-19-8-5-6-12-22(19)23/h2-17,24-26H,1H3/t24-,25-,26+/m1/s1. The van der Waals surface area contributed by atoms with Gasteiger partial charge in [-0.2, -0.15) is 0 Å². The summed E-state index contributed by atoms with van der Waals surface area (Å²) in [4.78, 5) is 35.0. The summed E-state index contributed by atoms with van der Waals surface area (Å²) >= 11 is 0. The summed E-state index contributed by atoms with van der Waals surface area (Å²) in [7, 11) is 0. The summed E-state index contributed by atoms with van der Waals surface area (Å²) in [6.07, 6.45) is -0.872. The van der Waals surface area contributed by atoms with E-state index in [0.717, 1.165) is 27.6 Å². The Balaban J connectivity index is 1.46. The van der Waals surface area contributed by atoms with Crippen molar-refractivity contribution >= 4 is 34.0 Å². The van der Waals surface area contributed by atoms with Gasteiger partial charge >= 0.3 is 0 Å². The number of hydrogen-bond acceptors (Lipinski definition) is 4. The Hall–Kier alpha value is -3.96. The van der Waals surface area contributed by atoms with Crippen molar-refractivity contribution in [3.05, 3.63) is 108 Å². The summed E-state index contributed by atoms with van der Waals surface area (Å²) in [5, 5.41) is 3.58. The maximum Gasteiger partial charge on any atom is 0.266 e. The van der Waals surface area contributed by atoms with Gasteiger partial charge in [-0.3, -0.25) is 14.4 Å². The quantitative estimate of drug-likeness (QED) is 0.416. The Morgan fingerprint density at radius 1 is 0.727 bits per heavy atom. The third-order valence-electron chi connectivity index (χ3n) is 6.55. The number of carbonyl (C=O) groups excluding carboxylic acids is 2. The summed E-state index contributed by atoms with van der Waals surface area (Å²) in [6, 6.07) is 30.8. The van der Waals surface area contributed by atoms with Crippen molar-refractivity contribution in [2.24, 2.45) is 5.92 Å². The molecular formula is C28H22N2O3. The number of imide groups is 1. The number of rotatable bonds is 3. The van der Waals surface area contributed by atoms with Crippen LogP contribution in [-0.2, 0) is 14.4 Å². The smallest absolute Gasteiger partial charge is 0.266 e. The van der Waals surface area contributed by atoms with Gasteiger partial charge in [0.25, 0.3) is 5.91 Å². The Bertz CT molecular complexity index is 1360. The molecule has 2 amide bonds. The molecule has 0 bridgehead atoms. The lowest BCUT2D eigenvalue weighted by Crippen LogP contribution is -2.37.